The summed E-state index contributed by atoms with van der Waals surface area (Å²) in [6.45, 7) is 4.13. The minimum Gasteiger partial charge on any atom is -0.457 e. The van der Waals surface area contributed by atoms with Gasteiger partial charge in [0.05, 0.1) is 13.2 Å². The average molecular weight is 554 g/mol. The third-order valence-electron chi connectivity index (χ3n) is 7.29. The van der Waals surface area contributed by atoms with Crippen LogP contribution in [-0.4, -0.2) is 49.1 Å². The Morgan fingerprint density at radius 2 is 1.57 bits per heavy atom. The van der Waals surface area contributed by atoms with E-state index in [1.807, 2.05) is 60.7 Å². The van der Waals surface area contributed by atoms with Crippen LogP contribution in [-0.2, 0) is 39.9 Å². The topological polar surface area (TPSA) is 92.3 Å². The minimum absolute atomic E-state index is 0.230. The molecule has 0 spiro atoms. The van der Waals surface area contributed by atoms with Crippen molar-refractivity contribution in [1.82, 2.24) is 5.32 Å². The zero-order valence-electron chi connectivity index (χ0n) is 23.7. The predicted molar refractivity (Wildman–Crippen MR) is 150 cm³/mol. The lowest BCUT2D eigenvalue weighted by atomic mass is 9.95. The summed E-state index contributed by atoms with van der Waals surface area (Å²) in [5.41, 5.74) is 1.81. The molecule has 2 aromatic carbocycles. The average Bonchev–Trinajstić information content (AvgIpc) is 2.97. The lowest BCUT2D eigenvalue weighted by molar-refractivity contribution is -0.346. The van der Waals surface area contributed by atoms with Crippen LogP contribution in [0.2, 0.25) is 0 Å². The van der Waals surface area contributed by atoms with Gasteiger partial charge in [-0.2, -0.15) is 0 Å². The Balaban J connectivity index is 1.47. The fourth-order valence-electron chi connectivity index (χ4n) is 5.21. The van der Waals surface area contributed by atoms with E-state index in [9.17, 15) is 9.59 Å². The second kappa shape index (κ2) is 15.9. The first kappa shape index (κ1) is 30.2. The molecule has 2 heterocycles. The van der Waals surface area contributed by atoms with E-state index >= 15 is 0 Å². The number of benzene rings is 2. The van der Waals surface area contributed by atoms with Gasteiger partial charge in [0, 0.05) is 18.9 Å². The van der Waals surface area contributed by atoms with Gasteiger partial charge in [-0.05, 0) is 12.0 Å². The van der Waals surface area contributed by atoms with Gasteiger partial charge in [-0.3, -0.25) is 9.59 Å². The number of hydrogen-bond donors (Lipinski definition) is 1. The molecule has 0 aliphatic carbocycles. The molecule has 2 fully saturated rings. The molecule has 8 heteroatoms. The number of carbonyl (C=O) groups excluding carboxylic acids is 2. The number of fused-ring (bicyclic) bond motifs is 1. The van der Waals surface area contributed by atoms with E-state index in [2.05, 4.69) is 12.2 Å². The molecule has 1 amide bonds. The Labute approximate surface area is 237 Å². The second-order valence-corrected chi connectivity index (χ2v) is 10.6. The maximum Gasteiger partial charge on any atom is 0.306 e. The van der Waals surface area contributed by atoms with Gasteiger partial charge in [0.1, 0.15) is 18.2 Å². The molecule has 0 unspecified atom stereocenters. The number of amides is 1. The van der Waals surface area contributed by atoms with Crippen LogP contribution < -0.4 is 5.32 Å². The van der Waals surface area contributed by atoms with Crippen molar-refractivity contribution in [3.05, 3.63) is 71.8 Å². The molecule has 2 saturated heterocycles. The van der Waals surface area contributed by atoms with Crippen LogP contribution in [0.1, 0.15) is 82.6 Å². The maximum absolute atomic E-state index is 13.1. The third-order valence-corrected chi connectivity index (χ3v) is 7.29. The van der Waals surface area contributed by atoms with Gasteiger partial charge < -0.3 is 29.0 Å². The summed E-state index contributed by atoms with van der Waals surface area (Å²) in [4.78, 5) is 25.4. The highest BCUT2D eigenvalue weighted by Gasteiger charge is 2.52. The Bertz CT molecular complexity index is 1030. The number of carbonyl (C=O) groups is 2. The zero-order valence-corrected chi connectivity index (χ0v) is 23.7. The molecule has 2 aliphatic rings. The maximum atomic E-state index is 13.1. The van der Waals surface area contributed by atoms with E-state index < -0.39 is 36.9 Å². The van der Waals surface area contributed by atoms with Crippen LogP contribution in [0.4, 0.5) is 0 Å². The van der Waals surface area contributed by atoms with Crippen molar-refractivity contribution in [2.75, 3.05) is 6.61 Å². The number of nitrogens with one attached hydrogen (secondary N) is 1. The Hall–Kier alpha value is -2.78. The first-order valence-corrected chi connectivity index (χ1v) is 14.6. The molecule has 2 aromatic rings. The number of ether oxygens (including phenoxy) is 5. The van der Waals surface area contributed by atoms with E-state index in [0.717, 1.165) is 30.4 Å². The highest BCUT2D eigenvalue weighted by molar-refractivity contribution is 5.73. The van der Waals surface area contributed by atoms with Gasteiger partial charge >= 0.3 is 5.97 Å². The van der Waals surface area contributed by atoms with Crippen LogP contribution in [0.3, 0.4) is 0 Å². The molecule has 6 atom stereocenters. The minimum atomic E-state index is -0.859. The Kier molecular flexibility index (Phi) is 12.0. The molecule has 1 N–H and O–H groups in total. The van der Waals surface area contributed by atoms with Crippen molar-refractivity contribution in [3.8, 4) is 0 Å². The van der Waals surface area contributed by atoms with Crippen molar-refractivity contribution in [2.24, 2.45) is 0 Å². The van der Waals surface area contributed by atoms with Crippen LogP contribution in [0.15, 0.2) is 60.7 Å². The second-order valence-electron chi connectivity index (χ2n) is 10.6. The highest BCUT2D eigenvalue weighted by Crippen LogP contribution is 2.36. The van der Waals surface area contributed by atoms with Crippen LogP contribution in [0.5, 0.6) is 0 Å². The van der Waals surface area contributed by atoms with E-state index in [0.29, 0.717) is 6.42 Å². The molecule has 8 nitrogen and oxygen atoms in total. The van der Waals surface area contributed by atoms with E-state index in [4.69, 9.17) is 23.7 Å². The summed E-state index contributed by atoms with van der Waals surface area (Å²) in [6, 6.07) is 18.6. The zero-order chi connectivity index (χ0) is 28.2. The first-order chi connectivity index (χ1) is 19.5. The fourth-order valence-corrected chi connectivity index (χ4v) is 5.21. The smallest absolute Gasteiger partial charge is 0.306 e. The third kappa shape index (κ3) is 8.86. The van der Waals surface area contributed by atoms with Gasteiger partial charge in [-0.25, -0.2) is 0 Å². The molecule has 2 aliphatic heterocycles. The lowest BCUT2D eigenvalue weighted by Crippen LogP contribution is -2.67. The number of hydrogen-bond acceptors (Lipinski definition) is 7. The lowest BCUT2D eigenvalue weighted by Gasteiger charge is -2.48. The molecule has 0 bridgehead atoms. The molecule has 40 heavy (non-hydrogen) atoms. The van der Waals surface area contributed by atoms with Crippen LogP contribution in [0, 0.1) is 0 Å². The molecule has 0 radical (unpaired) electrons. The van der Waals surface area contributed by atoms with Crippen LogP contribution in [0.25, 0.3) is 0 Å². The molecule has 4 rings (SSSR count). The summed E-state index contributed by atoms with van der Waals surface area (Å²) >= 11 is 0. The number of rotatable bonds is 14. The van der Waals surface area contributed by atoms with Crippen molar-refractivity contribution in [1.29, 1.82) is 0 Å². The van der Waals surface area contributed by atoms with E-state index in [1.54, 1.807) is 0 Å². The van der Waals surface area contributed by atoms with E-state index in [-0.39, 0.29) is 25.1 Å². The summed E-state index contributed by atoms with van der Waals surface area (Å²) in [7, 11) is 0. The predicted octanol–water partition coefficient (Wildman–Crippen LogP) is 5.60. The van der Waals surface area contributed by atoms with Crippen LogP contribution >= 0.6 is 0 Å². The van der Waals surface area contributed by atoms with Gasteiger partial charge in [0.25, 0.3) is 0 Å². The molecular weight excluding hydrogens is 510 g/mol. The molecule has 0 aromatic heterocycles. The summed E-state index contributed by atoms with van der Waals surface area (Å²) in [5.74, 6) is -0.595. The van der Waals surface area contributed by atoms with Gasteiger partial charge in [0.2, 0.25) is 5.91 Å². The summed E-state index contributed by atoms with van der Waals surface area (Å²) < 4.78 is 30.9. The number of unbranched alkanes of at least 4 members (excludes halogenated alkanes) is 6. The standard InChI is InChI=1S/C32H43NO7/c1-3-4-5-6-7-8-15-20-27(35)39-30-28(33-23(2)34)32(36-21-24-16-11-9-12-17-24)38-26-22-37-31(40-29(26)30)25-18-13-10-14-19-25/h9-14,16-19,26,28-32H,3-8,15,20-22H2,1-2H3,(H,33,34)/t26-,28-,29+,30-,31+,32+/m0/s1. The van der Waals surface area contributed by atoms with Gasteiger partial charge in [-0.1, -0.05) is 106 Å². The highest BCUT2D eigenvalue weighted by atomic mass is 16.8. The normalized spacial score (nSPS) is 26.1. The molecule has 0 saturated carbocycles. The van der Waals surface area contributed by atoms with E-state index in [1.165, 1.54) is 32.6 Å². The fraction of sp³-hybridized carbons (Fsp3) is 0.562. The summed E-state index contributed by atoms with van der Waals surface area (Å²) in [6.07, 6.45) is 4.55. The van der Waals surface area contributed by atoms with Gasteiger partial charge in [0.15, 0.2) is 18.7 Å². The summed E-state index contributed by atoms with van der Waals surface area (Å²) in [5, 5.41) is 2.92. The first-order valence-electron chi connectivity index (χ1n) is 14.6. The Morgan fingerprint density at radius 3 is 2.27 bits per heavy atom. The quantitative estimate of drug-likeness (QED) is 0.241. The van der Waals surface area contributed by atoms with Crippen molar-refractivity contribution < 1.29 is 33.3 Å². The largest absolute Gasteiger partial charge is 0.457 e. The van der Waals surface area contributed by atoms with Crippen molar-refractivity contribution >= 4 is 11.9 Å². The van der Waals surface area contributed by atoms with Gasteiger partial charge in [-0.15, -0.1) is 0 Å². The molecule has 218 valence electrons. The SMILES string of the molecule is CCCCCCCCCC(=O)O[C@H]1[C@H](NC(C)=O)[C@H](OCc2ccccc2)O[C@H]2CO[C@@H](c3ccccc3)O[C@@H]12. The van der Waals surface area contributed by atoms with Crippen molar-refractivity contribution in [3.63, 3.8) is 0 Å². The number of esters is 1. The monoisotopic (exact) mass is 553 g/mol. The molecular formula is C32H43NO7. The van der Waals surface area contributed by atoms with Crippen molar-refractivity contribution in [2.45, 2.75) is 109 Å². The Morgan fingerprint density at radius 1 is 0.900 bits per heavy atom.